The molecule has 0 N–H and O–H groups in total. The number of hydrogen-bond acceptors (Lipinski definition) is 0. The van der Waals surface area contributed by atoms with Gasteiger partial charge in [0.2, 0.25) is 0 Å². The molecule has 0 nitrogen and oxygen atoms in total. The van der Waals surface area contributed by atoms with Gasteiger partial charge in [0.1, 0.15) is 0 Å². The van der Waals surface area contributed by atoms with E-state index in [1.807, 2.05) is 6.92 Å². The Labute approximate surface area is 78.0 Å². The summed E-state index contributed by atoms with van der Waals surface area (Å²) in [5.74, 6) is 0. The van der Waals surface area contributed by atoms with Gasteiger partial charge in [0.25, 0.3) is 0 Å². The van der Waals surface area contributed by atoms with E-state index in [4.69, 9.17) is 0 Å². The molecular weight excluding hydrogens is 176 g/mol. The van der Waals surface area contributed by atoms with Crippen LogP contribution in [0.4, 0.5) is 0 Å². The molecule has 0 aliphatic rings. The summed E-state index contributed by atoms with van der Waals surface area (Å²) in [7, 11) is 0. The van der Waals surface area contributed by atoms with E-state index in [9.17, 15) is 0 Å². The maximum Gasteiger partial charge on any atom is 2.00 e. The van der Waals surface area contributed by atoms with E-state index in [1.54, 1.807) is 12.2 Å². The van der Waals surface area contributed by atoms with Crippen molar-refractivity contribution in [3.05, 3.63) is 31.2 Å². The SMILES string of the molecule is C=C/C(C)=C/[CH2-].[Br-].[Mg+2]. The molecule has 0 aromatic rings. The van der Waals surface area contributed by atoms with Gasteiger partial charge in [-0.3, -0.25) is 0 Å². The third-order valence-corrected chi connectivity index (χ3v) is 0.644. The van der Waals surface area contributed by atoms with Crippen LogP contribution in [0, 0.1) is 6.92 Å². The molecule has 0 radical (unpaired) electrons. The molecule has 2 heteroatoms. The Morgan fingerprint density at radius 2 is 2.00 bits per heavy atom. The Kier molecular flexibility index (Phi) is 20.9. The smallest absolute Gasteiger partial charge is 1.00 e. The van der Waals surface area contributed by atoms with Gasteiger partial charge in [-0.1, -0.05) is 0 Å². The molecule has 0 heterocycles. The van der Waals surface area contributed by atoms with Crippen molar-refractivity contribution < 1.29 is 17.0 Å². The third-order valence-electron chi connectivity index (χ3n) is 0.644. The van der Waals surface area contributed by atoms with E-state index in [2.05, 4.69) is 13.5 Å². The van der Waals surface area contributed by atoms with Gasteiger partial charge in [-0.25, -0.2) is 13.0 Å². The van der Waals surface area contributed by atoms with E-state index < -0.39 is 0 Å². The van der Waals surface area contributed by atoms with Crippen molar-refractivity contribution in [2.24, 2.45) is 0 Å². The molecule has 0 spiro atoms. The van der Waals surface area contributed by atoms with Crippen molar-refractivity contribution in [1.82, 2.24) is 0 Å². The molecule has 0 bridgehead atoms. The fourth-order valence-corrected chi connectivity index (χ4v) is 0.0833. The summed E-state index contributed by atoms with van der Waals surface area (Å²) in [4.78, 5) is 0. The second kappa shape index (κ2) is 10.6. The fourth-order valence-electron chi connectivity index (χ4n) is 0.0833. The van der Waals surface area contributed by atoms with Crippen LogP contribution in [0.5, 0.6) is 0 Å². The van der Waals surface area contributed by atoms with Crippen LogP contribution >= 0.6 is 0 Å². The summed E-state index contributed by atoms with van der Waals surface area (Å²) in [5.41, 5.74) is 1.12. The van der Waals surface area contributed by atoms with Gasteiger partial charge in [0.05, 0.1) is 0 Å². The van der Waals surface area contributed by atoms with Crippen LogP contribution in [0.3, 0.4) is 0 Å². The van der Waals surface area contributed by atoms with Gasteiger partial charge in [0, 0.05) is 0 Å². The Hall–Kier alpha value is 0.596. The molecule has 0 rings (SSSR count). The van der Waals surface area contributed by atoms with Gasteiger partial charge >= 0.3 is 23.1 Å². The molecule has 0 aliphatic heterocycles. The summed E-state index contributed by atoms with van der Waals surface area (Å²) < 4.78 is 0. The first-order valence-corrected chi connectivity index (χ1v) is 1.89. The first kappa shape index (κ1) is 15.8. The molecule has 0 saturated carbocycles. The van der Waals surface area contributed by atoms with Crippen molar-refractivity contribution >= 4 is 23.1 Å². The van der Waals surface area contributed by atoms with Gasteiger partial charge in [-0.2, -0.15) is 5.57 Å². The van der Waals surface area contributed by atoms with Crippen LogP contribution in [-0.2, 0) is 0 Å². The average molecular weight is 185 g/mol. The fraction of sp³-hybridized carbons (Fsp3) is 0.167. The molecule has 0 aromatic carbocycles. The standard InChI is InChI=1S/C6H9.BrH.Mg/c1-4-6(3)5-2;;/h4-5H,1-2H2,3H3;1H;/q-1;;+2/p-1/b6-4+;;. The van der Waals surface area contributed by atoms with Crippen LogP contribution in [-0.4, -0.2) is 23.1 Å². The maximum absolute atomic E-state index is 3.52. The molecule has 8 heavy (non-hydrogen) atoms. The first-order chi connectivity index (χ1) is 2.81. The molecule has 0 atom stereocenters. The number of allylic oxidation sites excluding steroid dienone is 3. The van der Waals surface area contributed by atoms with Gasteiger partial charge in [-0.15, -0.1) is 19.6 Å². The second-order valence-electron chi connectivity index (χ2n) is 1.15. The summed E-state index contributed by atoms with van der Waals surface area (Å²) >= 11 is 0. The predicted octanol–water partition coefficient (Wildman–Crippen LogP) is -1.42. The molecule has 0 aromatic heterocycles. The predicted molar refractivity (Wildman–Crippen MR) is 35.1 cm³/mol. The van der Waals surface area contributed by atoms with Gasteiger partial charge < -0.3 is 17.0 Å². The largest absolute Gasteiger partial charge is 2.00 e. The number of rotatable bonds is 1. The Morgan fingerprint density at radius 1 is 1.62 bits per heavy atom. The van der Waals surface area contributed by atoms with Crippen LogP contribution in [0.1, 0.15) is 6.92 Å². The van der Waals surface area contributed by atoms with E-state index >= 15 is 0 Å². The summed E-state index contributed by atoms with van der Waals surface area (Å²) in [5, 5.41) is 0. The van der Waals surface area contributed by atoms with E-state index in [0.29, 0.717) is 0 Å². The number of hydrogen-bond donors (Lipinski definition) is 0. The van der Waals surface area contributed by atoms with Crippen LogP contribution in [0.15, 0.2) is 24.3 Å². The first-order valence-electron chi connectivity index (χ1n) is 1.89. The van der Waals surface area contributed by atoms with Crippen molar-refractivity contribution in [3.63, 3.8) is 0 Å². The van der Waals surface area contributed by atoms with Gasteiger partial charge in [0.15, 0.2) is 0 Å². The molecule has 0 saturated heterocycles. The van der Waals surface area contributed by atoms with Crippen molar-refractivity contribution in [3.8, 4) is 0 Å². The Balaban J connectivity index is -0.000000125. The molecular formula is C6H9BrMg. The summed E-state index contributed by atoms with van der Waals surface area (Å²) in [6.07, 6.45) is 3.54. The molecule has 42 valence electrons. The minimum atomic E-state index is 0. The number of halogens is 1. The van der Waals surface area contributed by atoms with Crippen molar-refractivity contribution in [2.45, 2.75) is 6.92 Å². The zero-order chi connectivity index (χ0) is 4.99. The summed E-state index contributed by atoms with van der Waals surface area (Å²) in [6.45, 7) is 9.00. The summed E-state index contributed by atoms with van der Waals surface area (Å²) in [6, 6.07) is 0. The average Bonchev–Trinajstić information content (AvgIpc) is 1.65. The van der Waals surface area contributed by atoms with E-state index in [1.165, 1.54) is 0 Å². The molecule has 0 unspecified atom stereocenters. The zero-order valence-electron chi connectivity index (χ0n) is 5.15. The van der Waals surface area contributed by atoms with Gasteiger partial charge in [-0.05, 0) is 0 Å². The molecule has 0 amide bonds. The molecule has 0 aliphatic carbocycles. The minimum Gasteiger partial charge on any atom is -1.00 e. The van der Waals surface area contributed by atoms with Crippen LogP contribution in [0.2, 0.25) is 0 Å². The van der Waals surface area contributed by atoms with E-state index in [-0.39, 0.29) is 40.0 Å². The third kappa shape index (κ3) is 9.78. The topological polar surface area (TPSA) is 0 Å². The monoisotopic (exact) mass is 184 g/mol. The quantitative estimate of drug-likeness (QED) is 0.267. The van der Waals surface area contributed by atoms with Crippen LogP contribution < -0.4 is 17.0 Å². The van der Waals surface area contributed by atoms with Crippen LogP contribution in [0.25, 0.3) is 0 Å². The normalized spacial score (nSPS) is 8.38. The molecule has 0 fully saturated rings. The maximum atomic E-state index is 3.52. The van der Waals surface area contributed by atoms with E-state index in [0.717, 1.165) is 5.57 Å². The zero-order valence-corrected chi connectivity index (χ0v) is 8.15. The van der Waals surface area contributed by atoms with Crippen molar-refractivity contribution in [2.75, 3.05) is 0 Å². The van der Waals surface area contributed by atoms with Crippen molar-refractivity contribution in [1.29, 1.82) is 0 Å². The Bertz CT molecular complexity index is 76.6. The minimum absolute atomic E-state index is 0. The Morgan fingerprint density at radius 3 is 2.00 bits per heavy atom. The second-order valence-corrected chi connectivity index (χ2v) is 1.15.